The first-order valence-electron chi connectivity index (χ1n) is 3.91. The van der Waals surface area contributed by atoms with Crippen LogP contribution in [0.5, 0.6) is 0 Å². The standard InChI is InChI=1S/C9H12FNOS/c1-13-8-4-2-3-6(10)9(8)7(12)5-11/h2-4,7,12H,5,11H2,1H3. The predicted molar refractivity (Wildman–Crippen MR) is 52.2 cm³/mol. The van der Waals surface area contributed by atoms with Crippen LogP contribution in [0.3, 0.4) is 0 Å². The highest BCUT2D eigenvalue weighted by atomic mass is 32.2. The molecule has 0 spiro atoms. The fourth-order valence-electron chi connectivity index (χ4n) is 1.14. The van der Waals surface area contributed by atoms with Crippen LogP contribution in [0.1, 0.15) is 11.7 Å². The molecular formula is C9H12FNOS. The molecule has 72 valence electrons. The summed E-state index contributed by atoms with van der Waals surface area (Å²) < 4.78 is 13.2. The third-order valence-electron chi connectivity index (χ3n) is 1.79. The summed E-state index contributed by atoms with van der Waals surface area (Å²) >= 11 is 1.40. The van der Waals surface area contributed by atoms with Crippen molar-refractivity contribution in [1.29, 1.82) is 0 Å². The number of aliphatic hydroxyl groups excluding tert-OH is 1. The van der Waals surface area contributed by atoms with Crippen molar-refractivity contribution in [2.24, 2.45) is 5.73 Å². The van der Waals surface area contributed by atoms with Crippen LogP contribution in [-0.4, -0.2) is 17.9 Å². The third-order valence-corrected chi connectivity index (χ3v) is 2.59. The molecule has 13 heavy (non-hydrogen) atoms. The van der Waals surface area contributed by atoms with Gasteiger partial charge in [-0.1, -0.05) is 6.07 Å². The number of nitrogens with two attached hydrogens (primary N) is 1. The maximum atomic E-state index is 13.2. The van der Waals surface area contributed by atoms with Gasteiger partial charge in [0, 0.05) is 17.0 Å². The summed E-state index contributed by atoms with van der Waals surface area (Å²) in [6.45, 7) is 0.0362. The Balaban J connectivity index is 3.14. The second-order valence-corrected chi connectivity index (χ2v) is 3.46. The third kappa shape index (κ3) is 2.21. The maximum absolute atomic E-state index is 13.2. The van der Waals surface area contributed by atoms with Crippen LogP contribution < -0.4 is 5.73 Å². The van der Waals surface area contributed by atoms with Crippen molar-refractivity contribution in [3.63, 3.8) is 0 Å². The van der Waals surface area contributed by atoms with E-state index in [4.69, 9.17) is 5.73 Å². The lowest BCUT2D eigenvalue weighted by molar-refractivity contribution is 0.178. The van der Waals surface area contributed by atoms with Gasteiger partial charge >= 0.3 is 0 Å². The van der Waals surface area contributed by atoms with Crippen molar-refractivity contribution >= 4 is 11.8 Å². The van der Waals surface area contributed by atoms with Gasteiger partial charge < -0.3 is 10.8 Å². The minimum absolute atomic E-state index is 0.0362. The Labute approximate surface area is 80.9 Å². The number of rotatable bonds is 3. The molecule has 0 saturated carbocycles. The normalized spacial score (nSPS) is 12.9. The molecule has 0 aromatic heterocycles. The molecule has 0 fully saturated rings. The second kappa shape index (κ2) is 4.60. The van der Waals surface area contributed by atoms with Crippen LogP contribution in [0.15, 0.2) is 23.1 Å². The molecule has 0 aliphatic heterocycles. The van der Waals surface area contributed by atoms with Gasteiger partial charge in [-0.3, -0.25) is 0 Å². The molecular weight excluding hydrogens is 189 g/mol. The second-order valence-electron chi connectivity index (χ2n) is 2.61. The highest BCUT2D eigenvalue weighted by molar-refractivity contribution is 7.98. The van der Waals surface area contributed by atoms with Gasteiger partial charge in [-0.15, -0.1) is 11.8 Å². The van der Waals surface area contributed by atoms with Crippen molar-refractivity contribution in [3.8, 4) is 0 Å². The van der Waals surface area contributed by atoms with E-state index in [1.54, 1.807) is 12.1 Å². The van der Waals surface area contributed by atoms with Crippen LogP contribution in [-0.2, 0) is 0 Å². The SMILES string of the molecule is CSc1cccc(F)c1C(O)CN. The van der Waals surface area contributed by atoms with E-state index >= 15 is 0 Å². The van der Waals surface area contributed by atoms with Crippen LogP contribution >= 0.6 is 11.8 Å². The molecule has 0 saturated heterocycles. The van der Waals surface area contributed by atoms with E-state index in [2.05, 4.69) is 0 Å². The Morgan fingerprint density at radius 3 is 2.85 bits per heavy atom. The molecule has 4 heteroatoms. The summed E-state index contributed by atoms with van der Waals surface area (Å²) in [5.41, 5.74) is 5.57. The van der Waals surface area contributed by atoms with Gasteiger partial charge in [-0.25, -0.2) is 4.39 Å². The molecule has 0 radical (unpaired) electrons. The Bertz CT molecular complexity index is 293. The molecule has 1 aromatic carbocycles. The molecule has 1 rings (SSSR count). The van der Waals surface area contributed by atoms with Crippen LogP contribution in [0, 0.1) is 5.82 Å². The Kier molecular flexibility index (Phi) is 3.71. The lowest BCUT2D eigenvalue weighted by Gasteiger charge is -2.12. The Hall–Kier alpha value is -0.580. The monoisotopic (exact) mass is 201 g/mol. The predicted octanol–water partition coefficient (Wildman–Crippen LogP) is 1.54. The fraction of sp³-hybridized carbons (Fsp3) is 0.333. The average Bonchev–Trinajstić information content (AvgIpc) is 2.16. The van der Waals surface area contributed by atoms with Gasteiger partial charge in [0.05, 0.1) is 6.10 Å². The molecule has 1 atom stereocenters. The molecule has 0 heterocycles. The molecule has 3 N–H and O–H groups in total. The number of hydrogen-bond acceptors (Lipinski definition) is 3. The van der Waals surface area contributed by atoms with Crippen molar-refractivity contribution in [2.45, 2.75) is 11.0 Å². The average molecular weight is 201 g/mol. The van der Waals surface area contributed by atoms with Crippen LogP contribution in [0.4, 0.5) is 4.39 Å². The van der Waals surface area contributed by atoms with Gasteiger partial charge in [-0.05, 0) is 18.4 Å². The number of halogens is 1. The quantitative estimate of drug-likeness (QED) is 0.729. The Morgan fingerprint density at radius 1 is 1.62 bits per heavy atom. The summed E-state index contributed by atoms with van der Waals surface area (Å²) in [5.74, 6) is -0.398. The molecule has 1 unspecified atom stereocenters. The van der Waals surface area contributed by atoms with Gasteiger partial charge in [-0.2, -0.15) is 0 Å². The van der Waals surface area contributed by atoms with Gasteiger partial charge in [0.15, 0.2) is 0 Å². The smallest absolute Gasteiger partial charge is 0.130 e. The van der Waals surface area contributed by atoms with Gasteiger partial charge in [0.25, 0.3) is 0 Å². The van der Waals surface area contributed by atoms with Crippen molar-refractivity contribution in [2.75, 3.05) is 12.8 Å². The van der Waals surface area contributed by atoms with Crippen molar-refractivity contribution in [1.82, 2.24) is 0 Å². The highest BCUT2D eigenvalue weighted by Gasteiger charge is 2.14. The zero-order valence-electron chi connectivity index (χ0n) is 7.33. The molecule has 0 amide bonds. The summed E-state index contributed by atoms with van der Waals surface area (Å²) in [4.78, 5) is 0.734. The molecule has 0 aliphatic carbocycles. The van der Waals surface area contributed by atoms with Crippen LogP contribution in [0.2, 0.25) is 0 Å². The first kappa shape index (κ1) is 10.5. The van der Waals surface area contributed by atoms with Crippen molar-refractivity contribution in [3.05, 3.63) is 29.6 Å². The van der Waals surface area contributed by atoms with Crippen LogP contribution in [0.25, 0.3) is 0 Å². The number of benzene rings is 1. The summed E-state index contributed by atoms with van der Waals surface area (Å²) in [6.07, 6.45) is 0.922. The fourth-order valence-corrected chi connectivity index (χ4v) is 1.80. The number of thioether (sulfide) groups is 1. The van der Waals surface area contributed by atoms with Crippen molar-refractivity contribution < 1.29 is 9.50 Å². The molecule has 1 aromatic rings. The minimum Gasteiger partial charge on any atom is -0.387 e. The van der Waals surface area contributed by atoms with E-state index in [1.807, 2.05) is 6.26 Å². The van der Waals surface area contributed by atoms with Gasteiger partial charge in [0.1, 0.15) is 5.82 Å². The lowest BCUT2D eigenvalue weighted by atomic mass is 10.1. The highest BCUT2D eigenvalue weighted by Crippen LogP contribution is 2.27. The summed E-state index contributed by atoms with van der Waals surface area (Å²) in [6, 6.07) is 4.71. The largest absolute Gasteiger partial charge is 0.387 e. The first-order valence-corrected chi connectivity index (χ1v) is 5.13. The topological polar surface area (TPSA) is 46.2 Å². The van der Waals surface area contributed by atoms with E-state index in [9.17, 15) is 9.50 Å². The zero-order valence-corrected chi connectivity index (χ0v) is 8.14. The van der Waals surface area contributed by atoms with E-state index in [0.29, 0.717) is 5.56 Å². The zero-order chi connectivity index (χ0) is 9.84. The van der Waals surface area contributed by atoms with Gasteiger partial charge in [0.2, 0.25) is 0 Å². The Morgan fingerprint density at radius 2 is 2.31 bits per heavy atom. The minimum atomic E-state index is -0.913. The first-order chi connectivity index (χ1) is 6.20. The number of aliphatic hydroxyl groups is 1. The molecule has 0 aliphatic rings. The lowest BCUT2D eigenvalue weighted by Crippen LogP contribution is -2.13. The summed E-state index contributed by atoms with van der Waals surface area (Å²) in [7, 11) is 0. The van der Waals surface area contributed by atoms with E-state index in [-0.39, 0.29) is 6.54 Å². The van der Waals surface area contributed by atoms with E-state index in [1.165, 1.54) is 17.8 Å². The molecule has 0 bridgehead atoms. The van der Waals surface area contributed by atoms with E-state index in [0.717, 1.165) is 4.90 Å². The maximum Gasteiger partial charge on any atom is 0.130 e. The summed E-state index contributed by atoms with van der Waals surface area (Å²) in [5, 5.41) is 9.44. The number of hydrogen-bond donors (Lipinski definition) is 2. The molecule has 2 nitrogen and oxygen atoms in total. The van der Waals surface area contributed by atoms with E-state index < -0.39 is 11.9 Å².